The molecule has 0 fully saturated rings. The number of rotatable bonds is 6. The van der Waals surface area contributed by atoms with Crippen LogP contribution in [0.5, 0.6) is 0 Å². The zero-order chi connectivity index (χ0) is 9.36. The van der Waals surface area contributed by atoms with Crippen LogP contribution in [0.4, 0.5) is 0 Å². The lowest BCUT2D eigenvalue weighted by Gasteiger charge is -2.00. The Bertz CT molecular complexity index is 213. The van der Waals surface area contributed by atoms with Crippen molar-refractivity contribution in [3.8, 4) is 0 Å². The van der Waals surface area contributed by atoms with E-state index in [9.17, 15) is 0 Å². The highest BCUT2D eigenvalue weighted by Gasteiger charge is 1.94. The minimum absolute atomic E-state index is 0.846. The summed E-state index contributed by atoms with van der Waals surface area (Å²) in [5, 5.41) is 2.25. The summed E-state index contributed by atoms with van der Waals surface area (Å²) in [5.41, 5.74) is 1.14. The molecule has 0 amide bonds. The molecule has 0 aliphatic heterocycles. The molecule has 0 bridgehead atoms. The Balaban J connectivity index is 2.07. The Morgan fingerprint density at radius 3 is 3.08 bits per heavy atom. The highest BCUT2D eigenvalue weighted by molar-refractivity contribution is 5.01. The van der Waals surface area contributed by atoms with Gasteiger partial charge in [-0.2, -0.15) is 0 Å². The van der Waals surface area contributed by atoms with E-state index < -0.39 is 0 Å². The molecule has 0 aromatic carbocycles. The number of ether oxygens (including phenoxy) is 1. The van der Waals surface area contributed by atoms with E-state index in [-0.39, 0.29) is 0 Å². The quantitative estimate of drug-likeness (QED) is 0.636. The number of aromatic nitrogens is 1. The van der Waals surface area contributed by atoms with E-state index in [2.05, 4.69) is 10.3 Å². The fourth-order valence-corrected chi connectivity index (χ4v) is 1.14. The first-order valence-electron chi connectivity index (χ1n) is 4.64. The van der Waals surface area contributed by atoms with E-state index in [1.54, 1.807) is 7.11 Å². The number of nitrogens with two attached hydrogens (primary N) is 1. The lowest BCUT2D eigenvalue weighted by atomic mass is 10.3. The van der Waals surface area contributed by atoms with Gasteiger partial charge in [-0.3, -0.25) is 4.98 Å². The summed E-state index contributed by atoms with van der Waals surface area (Å²) < 4.78 is 4.96. The van der Waals surface area contributed by atoms with Gasteiger partial charge in [0.2, 0.25) is 0 Å². The summed E-state index contributed by atoms with van der Waals surface area (Å²) in [7, 11) is 1.73. The van der Waals surface area contributed by atoms with Crippen LogP contribution in [0.2, 0.25) is 0 Å². The largest absolute Gasteiger partial charge is 0.384 e. The molecule has 0 saturated carbocycles. The van der Waals surface area contributed by atoms with Gasteiger partial charge in [-0.25, -0.2) is 0 Å². The summed E-state index contributed by atoms with van der Waals surface area (Å²) in [6, 6.07) is 6.01. The van der Waals surface area contributed by atoms with E-state index in [1.807, 2.05) is 24.4 Å². The van der Waals surface area contributed by atoms with Crippen molar-refractivity contribution in [3.05, 3.63) is 30.1 Å². The zero-order valence-electron chi connectivity index (χ0n) is 8.07. The Kier molecular flexibility index (Phi) is 5.13. The van der Waals surface area contributed by atoms with Crippen LogP contribution in [0, 0.1) is 0 Å². The predicted molar refractivity (Wildman–Crippen MR) is 51.2 cm³/mol. The van der Waals surface area contributed by atoms with Gasteiger partial charge in [0.1, 0.15) is 6.54 Å². The van der Waals surface area contributed by atoms with Gasteiger partial charge in [-0.1, -0.05) is 6.07 Å². The third-order valence-corrected chi connectivity index (χ3v) is 1.84. The number of methoxy groups -OCH3 is 1. The van der Waals surface area contributed by atoms with Crippen LogP contribution >= 0.6 is 0 Å². The maximum atomic E-state index is 4.96. The molecule has 0 saturated heterocycles. The molecule has 0 unspecified atom stereocenters. The van der Waals surface area contributed by atoms with Gasteiger partial charge in [0.25, 0.3) is 0 Å². The Morgan fingerprint density at radius 2 is 2.38 bits per heavy atom. The molecule has 0 aliphatic carbocycles. The van der Waals surface area contributed by atoms with Crippen molar-refractivity contribution < 1.29 is 10.1 Å². The molecular formula is C10H17N2O+. The summed E-state index contributed by atoms with van der Waals surface area (Å²) in [5.74, 6) is 0. The molecule has 0 atom stereocenters. The van der Waals surface area contributed by atoms with Crippen molar-refractivity contribution in [1.82, 2.24) is 4.98 Å². The van der Waals surface area contributed by atoms with Gasteiger partial charge in [0.05, 0.1) is 18.8 Å². The third-order valence-electron chi connectivity index (χ3n) is 1.84. The normalized spacial score (nSPS) is 10.2. The topological polar surface area (TPSA) is 38.7 Å². The van der Waals surface area contributed by atoms with Crippen molar-refractivity contribution in [1.29, 1.82) is 0 Å². The first-order valence-corrected chi connectivity index (χ1v) is 4.64. The fraction of sp³-hybridized carbons (Fsp3) is 0.500. The SMILES string of the molecule is COCCC[NH2+]Cc1ccccn1. The molecule has 1 aromatic heterocycles. The number of pyridine rings is 1. The van der Waals surface area contributed by atoms with E-state index in [4.69, 9.17) is 4.74 Å². The molecule has 2 N–H and O–H groups in total. The van der Waals surface area contributed by atoms with Gasteiger partial charge in [-0.15, -0.1) is 0 Å². The first kappa shape index (κ1) is 10.2. The van der Waals surface area contributed by atoms with Gasteiger partial charge < -0.3 is 10.1 Å². The number of quaternary nitrogens is 1. The van der Waals surface area contributed by atoms with E-state index in [1.165, 1.54) is 0 Å². The molecule has 1 heterocycles. The van der Waals surface area contributed by atoms with Crippen LogP contribution < -0.4 is 5.32 Å². The van der Waals surface area contributed by atoms with Crippen molar-refractivity contribution in [3.63, 3.8) is 0 Å². The molecule has 0 radical (unpaired) electrons. The predicted octanol–water partition coefficient (Wildman–Crippen LogP) is 0.181. The second-order valence-corrected chi connectivity index (χ2v) is 2.95. The number of hydrogen-bond acceptors (Lipinski definition) is 2. The first-order chi connectivity index (χ1) is 6.43. The van der Waals surface area contributed by atoms with Crippen LogP contribution in [0.3, 0.4) is 0 Å². The average Bonchev–Trinajstić information content (AvgIpc) is 2.19. The van der Waals surface area contributed by atoms with Gasteiger partial charge in [0, 0.05) is 19.7 Å². The molecular weight excluding hydrogens is 164 g/mol. The number of hydrogen-bond donors (Lipinski definition) is 1. The van der Waals surface area contributed by atoms with Crippen molar-refractivity contribution in [2.75, 3.05) is 20.3 Å². The van der Waals surface area contributed by atoms with Crippen LogP contribution in [-0.2, 0) is 11.3 Å². The van der Waals surface area contributed by atoms with Crippen LogP contribution in [-0.4, -0.2) is 25.2 Å². The Morgan fingerprint density at radius 1 is 1.46 bits per heavy atom. The van der Waals surface area contributed by atoms with Gasteiger partial charge in [0.15, 0.2) is 0 Å². The lowest BCUT2D eigenvalue weighted by Crippen LogP contribution is -2.82. The van der Waals surface area contributed by atoms with E-state index in [0.29, 0.717) is 0 Å². The monoisotopic (exact) mass is 181 g/mol. The summed E-state index contributed by atoms with van der Waals surface area (Å²) in [4.78, 5) is 4.23. The smallest absolute Gasteiger partial charge is 0.118 e. The van der Waals surface area contributed by atoms with Gasteiger partial charge in [-0.05, 0) is 12.1 Å². The minimum atomic E-state index is 0.846. The lowest BCUT2D eigenvalue weighted by molar-refractivity contribution is -0.671. The molecule has 1 aromatic rings. The van der Waals surface area contributed by atoms with Crippen LogP contribution in [0.25, 0.3) is 0 Å². The van der Waals surface area contributed by atoms with Crippen molar-refractivity contribution in [2.45, 2.75) is 13.0 Å². The van der Waals surface area contributed by atoms with Crippen LogP contribution in [0.15, 0.2) is 24.4 Å². The average molecular weight is 181 g/mol. The third kappa shape index (κ3) is 4.60. The van der Waals surface area contributed by atoms with Crippen LogP contribution in [0.1, 0.15) is 12.1 Å². The maximum Gasteiger partial charge on any atom is 0.118 e. The molecule has 72 valence electrons. The fourth-order valence-electron chi connectivity index (χ4n) is 1.14. The molecule has 0 spiro atoms. The van der Waals surface area contributed by atoms with Crippen molar-refractivity contribution in [2.24, 2.45) is 0 Å². The summed E-state index contributed by atoms with van der Waals surface area (Å²) in [6.07, 6.45) is 2.93. The number of nitrogens with zero attached hydrogens (tertiary/aromatic N) is 1. The Labute approximate surface area is 79.1 Å². The second-order valence-electron chi connectivity index (χ2n) is 2.95. The molecule has 13 heavy (non-hydrogen) atoms. The highest BCUT2D eigenvalue weighted by atomic mass is 16.5. The molecule has 1 rings (SSSR count). The molecule has 3 nitrogen and oxygen atoms in total. The van der Waals surface area contributed by atoms with Gasteiger partial charge >= 0.3 is 0 Å². The standard InChI is InChI=1S/C10H16N2O/c1-13-8-4-6-11-9-10-5-2-3-7-12-10/h2-3,5,7,11H,4,6,8-9H2,1H3/p+1. The Hall–Kier alpha value is -0.930. The summed E-state index contributed by atoms with van der Waals surface area (Å²) >= 11 is 0. The highest BCUT2D eigenvalue weighted by Crippen LogP contribution is 1.88. The molecule has 0 aliphatic rings. The van der Waals surface area contributed by atoms with E-state index in [0.717, 1.165) is 31.8 Å². The zero-order valence-corrected chi connectivity index (χ0v) is 8.07. The summed E-state index contributed by atoms with van der Waals surface area (Å²) in [6.45, 7) is 2.91. The minimum Gasteiger partial charge on any atom is -0.384 e. The van der Waals surface area contributed by atoms with E-state index >= 15 is 0 Å². The van der Waals surface area contributed by atoms with Crippen molar-refractivity contribution >= 4 is 0 Å². The second kappa shape index (κ2) is 6.57. The maximum absolute atomic E-state index is 4.96. The molecule has 3 heteroatoms.